The van der Waals surface area contributed by atoms with Gasteiger partial charge in [-0.05, 0) is 29.7 Å². The molecular weight excluding hydrogens is 320 g/mol. The van der Waals surface area contributed by atoms with Gasteiger partial charge in [0.25, 0.3) is 5.91 Å². The minimum absolute atomic E-state index is 0. The Morgan fingerprint density at radius 2 is 1.75 bits per heavy atom. The van der Waals surface area contributed by atoms with Crippen molar-refractivity contribution in [1.29, 1.82) is 0 Å². The van der Waals surface area contributed by atoms with Gasteiger partial charge in [-0.2, -0.15) is 0 Å². The third-order valence-corrected chi connectivity index (χ3v) is 4.62. The van der Waals surface area contributed by atoms with Crippen LogP contribution in [0.1, 0.15) is 40.7 Å². The fraction of sp³-hybridized carbons (Fsp3) is 0.350. The van der Waals surface area contributed by atoms with Crippen LogP contribution in [0.15, 0.2) is 54.6 Å². The van der Waals surface area contributed by atoms with Crippen LogP contribution in [0.2, 0.25) is 0 Å². The van der Waals surface area contributed by atoms with Crippen LogP contribution in [-0.4, -0.2) is 29.9 Å². The predicted octanol–water partition coefficient (Wildman–Crippen LogP) is 3.63. The molecule has 0 bridgehead atoms. The van der Waals surface area contributed by atoms with Crippen molar-refractivity contribution in [2.45, 2.75) is 31.7 Å². The standard InChI is InChI=1S/C20H24N2O.ClH/c1-2-6-15-9-11-17(12-10-15)20(23)22-13-18(19(21)14-22)16-7-4-3-5-8-16;/h3-5,7-12,18-19H,2,6,13-14,21H2,1H3;1H/t18-,19+;/m0./s1. The number of benzene rings is 2. The lowest BCUT2D eigenvalue weighted by Gasteiger charge is -2.17. The Hall–Kier alpha value is -1.84. The molecule has 1 amide bonds. The minimum Gasteiger partial charge on any atom is -0.336 e. The summed E-state index contributed by atoms with van der Waals surface area (Å²) in [6.07, 6.45) is 2.17. The summed E-state index contributed by atoms with van der Waals surface area (Å²) >= 11 is 0. The van der Waals surface area contributed by atoms with Crippen LogP contribution >= 0.6 is 12.4 Å². The van der Waals surface area contributed by atoms with Gasteiger partial charge >= 0.3 is 0 Å². The molecule has 1 fully saturated rings. The molecule has 1 aliphatic heterocycles. The van der Waals surface area contributed by atoms with E-state index in [2.05, 4.69) is 31.2 Å². The number of aryl methyl sites for hydroxylation is 1. The number of nitrogens with two attached hydrogens (primary N) is 1. The smallest absolute Gasteiger partial charge is 0.253 e. The number of nitrogens with zero attached hydrogens (tertiary/aromatic N) is 1. The highest BCUT2D eigenvalue weighted by Gasteiger charge is 2.34. The van der Waals surface area contributed by atoms with Gasteiger partial charge in [-0.1, -0.05) is 55.8 Å². The number of carbonyl (C=O) groups excluding carboxylic acids is 1. The Kier molecular flexibility index (Phi) is 6.41. The van der Waals surface area contributed by atoms with Gasteiger partial charge in [-0.3, -0.25) is 4.79 Å². The molecule has 0 radical (unpaired) electrons. The van der Waals surface area contributed by atoms with Crippen LogP contribution in [0.4, 0.5) is 0 Å². The summed E-state index contributed by atoms with van der Waals surface area (Å²) in [4.78, 5) is 14.6. The van der Waals surface area contributed by atoms with E-state index in [1.165, 1.54) is 11.1 Å². The highest BCUT2D eigenvalue weighted by molar-refractivity contribution is 5.94. The van der Waals surface area contributed by atoms with E-state index in [4.69, 9.17) is 5.73 Å². The fourth-order valence-corrected chi connectivity index (χ4v) is 3.33. The number of hydrogen-bond donors (Lipinski definition) is 1. The third kappa shape index (κ3) is 3.97. The Labute approximate surface area is 150 Å². The van der Waals surface area contributed by atoms with Gasteiger partial charge < -0.3 is 10.6 Å². The van der Waals surface area contributed by atoms with Crippen molar-refractivity contribution < 1.29 is 4.79 Å². The topological polar surface area (TPSA) is 46.3 Å². The summed E-state index contributed by atoms with van der Waals surface area (Å²) in [7, 11) is 0. The van der Waals surface area contributed by atoms with Crippen molar-refractivity contribution in [2.75, 3.05) is 13.1 Å². The molecule has 24 heavy (non-hydrogen) atoms. The van der Waals surface area contributed by atoms with Crippen LogP contribution in [-0.2, 0) is 6.42 Å². The van der Waals surface area contributed by atoms with Gasteiger partial charge in [0.05, 0.1) is 0 Å². The number of halogens is 1. The second kappa shape index (κ2) is 8.32. The second-order valence-corrected chi connectivity index (χ2v) is 6.34. The summed E-state index contributed by atoms with van der Waals surface area (Å²) in [5.74, 6) is 0.307. The Bertz CT molecular complexity index is 657. The van der Waals surface area contributed by atoms with Crippen LogP contribution in [0.5, 0.6) is 0 Å². The Morgan fingerprint density at radius 1 is 1.08 bits per heavy atom. The first kappa shape index (κ1) is 18.5. The first-order valence-electron chi connectivity index (χ1n) is 8.37. The molecule has 1 heterocycles. The molecule has 3 nitrogen and oxygen atoms in total. The van der Waals surface area contributed by atoms with Gasteiger partial charge in [0.15, 0.2) is 0 Å². The maximum absolute atomic E-state index is 12.7. The van der Waals surface area contributed by atoms with E-state index in [-0.39, 0.29) is 30.3 Å². The molecule has 2 aromatic carbocycles. The SMILES string of the molecule is CCCc1ccc(C(=O)N2C[C@@H](N)[C@H](c3ccccc3)C2)cc1.Cl. The summed E-state index contributed by atoms with van der Waals surface area (Å²) in [6.45, 7) is 3.48. The van der Waals surface area contributed by atoms with Crippen LogP contribution < -0.4 is 5.73 Å². The monoisotopic (exact) mass is 344 g/mol. The molecule has 4 heteroatoms. The number of likely N-dealkylation sites (tertiary alicyclic amines) is 1. The highest BCUT2D eigenvalue weighted by atomic mass is 35.5. The molecule has 0 spiro atoms. The molecule has 0 aliphatic carbocycles. The number of hydrogen-bond acceptors (Lipinski definition) is 2. The first-order valence-corrected chi connectivity index (χ1v) is 8.37. The lowest BCUT2D eigenvalue weighted by atomic mass is 9.95. The van der Waals surface area contributed by atoms with E-state index >= 15 is 0 Å². The van der Waals surface area contributed by atoms with E-state index in [9.17, 15) is 4.79 Å². The minimum atomic E-state index is 0. The lowest BCUT2D eigenvalue weighted by Crippen LogP contribution is -2.32. The predicted molar refractivity (Wildman–Crippen MR) is 101 cm³/mol. The zero-order valence-electron chi connectivity index (χ0n) is 14.0. The second-order valence-electron chi connectivity index (χ2n) is 6.34. The maximum Gasteiger partial charge on any atom is 0.253 e. The Balaban J connectivity index is 0.00000208. The van der Waals surface area contributed by atoms with Crippen LogP contribution in [0, 0.1) is 0 Å². The van der Waals surface area contributed by atoms with Gasteiger partial charge in [0.1, 0.15) is 0 Å². The molecule has 0 aromatic heterocycles. The Morgan fingerprint density at radius 3 is 2.38 bits per heavy atom. The zero-order valence-corrected chi connectivity index (χ0v) is 14.8. The van der Waals surface area contributed by atoms with E-state index in [0.29, 0.717) is 13.1 Å². The molecule has 0 unspecified atom stereocenters. The van der Waals surface area contributed by atoms with Gasteiger partial charge in [0, 0.05) is 30.6 Å². The van der Waals surface area contributed by atoms with E-state index in [1.54, 1.807) is 0 Å². The van der Waals surface area contributed by atoms with Crippen molar-refractivity contribution in [3.05, 3.63) is 71.3 Å². The molecule has 2 aromatic rings. The fourth-order valence-electron chi connectivity index (χ4n) is 3.33. The van der Waals surface area contributed by atoms with Crippen molar-refractivity contribution in [3.63, 3.8) is 0 Å². The summed E-state index contributed by atoms with van der Waals surface area (Å²) < 4.78 is 0. The molecular formula is C20H25ClN2O. The van der Waals surface area contributed by atoms with Crippen LogP contribution in [0.3, 0.4) is 0 Å². The normalized spacial score (nSPS) is 19.8. The van der Waals surface area contributed by atoms with E-state index in [0.717, 1.165) is 18.4 Å². The largest absolute Gasteiger partial charge is 0.336 e. The molecule has 128 valence electrons. The number of carbonyl (C=O) groups is 1. The van der Waals surface area contributed by atoms with Crippen molar-refractivity contribution >= 4 is 18.3 Å². The summed E-state index contributed by atoms with van der Waals surface area (Å²) in [5.41, 5.74) is 9.54. The van der Waals surface area contributed by atoms with Gasteiger partial charge in [-0.15, -0.1) is 12.4 Å². The van der Waals surface area contributed by atoms with Crippen molar-refractivity contribution in [2.24, 2.45) is 5.73 Å². The first-order chi connectivity index (χ1) is 11.2. The highest BCUT2D eigenvalue weighted by Crippen LogP contribution is 2.27. The third-order valence-electron chi connectivity index (χ3n) is 4.62. The van der Waals surface area contributed by atoms with Gasteiger partial charge in [-0.25, -0.2) is 0 Å². The molecule has 2 N–H and O–H groups in total. The van der Waals surface area contributed by atoms with Crippen molar-refractivity contribution in [1.82, 2.24) is 4.90 Å². The zero-order chi connectivity index (χ0) is 16.2. The quantitative estimate of drug-likeness (QED) is 0.920. The molecule has 0 saturated carbocycles. The van der Waals surface area contributed by atoms with Crippen LogP contribution in [0.25, 0.3) is 0 Å². The summed E-state index contributed by atoms with van der Waals surface area (Å²) in [5, 5.41) is 0. The molecule has 3 rings (SSSR count). The average Bonchev–Trinajstić information content (AvgIpc) is 2.98. The molecule has 1 aliphatic rings. The van der Waals surface area contributed by atoms with Crippen molar-refractivity contribution in [3.8, 4) is 0 Å². The van der Waals surface area contributed by atoms with E-state index in [1.807, 2.05) is 35.2 Å². The number of amides is 1. The number of rotatable bonds is 4. The maximum atomic E-state index is 12.7. The van der Waals surface area contributed by atoms with E-state index < -0.39 is 0 Å². The molecule has 1 saturated heterocycles. The van der Waals surface area contributed by atoms with Gasteiger partial charge in [0.2, 0.25) is 0 Å². The summed E-state index contributed by atoms with van der Waals surface area (Å²) in [6, 6.07) is 18.2. The lowest BCUT2D eigenvalue weighted by molar-refractivity contribution is 0.0789. The molecule has 2 atom stereocenters. The average molecular weight is 345 g/mol.